The zero-order chi connectivity index (χ0) is 28.2. The molecule has 3 amide bonds. The van der Waals surface area contributed by atoms with Gasteiger partial charge in [0.2, 0.25) is 5.91 Å². The number of primary amides is 1. The molecule has 0 aliphatic carbocycles. The number of hydrogen-bond acceptors (Lipinski definition) is 4. The highest BCUT2D eigenvalue weighted by Crippen LogP contribution is 2.32. The molecule has 9 heteroatoms. The summed E-state index contributed by atoms with van der Waals surface area (Å²) in [6.07, 6.45) is -1.04. The number of para-hydroxylation sites is 1. The highest BCUT2D eigenvalue weighted by molar-refractivity contribution is 6.01. The van der Waals surface area contributed by atoms with Crippen LogP contribution < -0.4 is 10.5 Å². The number of carbonyl (C=O) groups excluding carboxylic acids is 2. The third-order valence-electron chi connectivity index (χ3n) is 7.07. The highest BCUT2D eigenvalue weighted by Gasteiger charge is 2.35. The highest BCUT2D eigenvalue weighted by atomic mass is 16.5. The Kier molecular flexibility index (Phi) is 7.54. The monoisotopic (exact) mass is 538 g/mol. The van der Waals surface area contributed by atoms with Crippen molar-refractivity contribution >= 4 is 17.9 Å². The first-order chi connectivity index (χ1) is 19.3. The zero-order valence-electron chi connectivity index (χ0n) is 22.1. The fourth-order valence-electron chi connectivity index (χ4n) is 5.09. The van der Waals surface area contributed by atoms with Crippen molar-refractivity contribution in [1.29, 1.82) is 0 Å². The summed E-state index contributed by atoms with van der Waals surface area (Å²) >= 11 is 0. The van der Waals surface area contributed by atoms with Gasteiger partial charge in [-0.05, 0) is 55.0 Å². The summed E-state index contributed by atoms with van der Waals surface area (Å²) in [4.78, 5) is 40.4. The van der Waals surface area contributed by atoms with Crippen LogP contribution in [-0.4, -0.2) is 69.7 Å². The minimum absolute atomic E-state index is 0.0739. The van der Waals surface area contributed by atoms with Gasteiger partial charge in [0.15, 0.2) is 0 Å². The second-order valence-electron chi connectivity index (χ2n) is 9.67. The van der Waals surface area contributed by atoms with Gasteiger partial charge in [-0.15, -0.1) is 0 Å². The lowest BCUT2D eigenvalue weighted by Gasteiger charge is -2.40. The van der Waals surface area contributed by atoms with Crippen molar-refractivity contribution in [1.82, 2.24) is 14.4 Å². The van der Waals surface area contributed by atoms with E-state index in [1.165, 1.54) is 4.90 Å². The van der Waals surface area contributed by atoms with E-state index >= 15 is 0 Å². The Morgan fingerprint density at radius 2 is 1.57 bits per heavy atom. The van der Waals surface area contributed by atoms with Crippen LogP contribution in [0.5, 0.6) is 5.75 Å². The van der Waals surface area contributed by atoms with Gasteiger partial charge < -0.3 is 29.9 Å². The molecule has 5 rings (SSSR count). The molecule has 4 aromatic rings. The number of hydrogen-bond donors (Lipinski definition) is 2. The molecular formula is C31H30N4O5. The molecule has 0 bridgehead atoms. The van der Waals surface area contributed by atoms with Crippen LogP contribution in [0.2, 0.25) is 0 Å². The van der Waals surface area contributed by atoms with Gasteiger partial charge in [0, 0.05) is 36.6 Å². The molecule has 0 spiro atoms. The van der Waals surface area contributed by atoms with Gasteiger partial charge in [-0.3, -0.25) is 9.59 Å². The molecule has 3 aromatic carbocycles. The smallest absolute Gasteiger partial charge is 0.407 e. The number of carbonyl (C=O) groups is 3. The Bertz CT molecular complexity index is 1520. The summed E-state index contributed by atoms with van der Waals surface area (Å²) in [5, 5.41) is 9.66. The summed E-state index contributed by atoms with van der Waals surface area (Å²) in [5.74, 6) is -0.250. The minimum atomic E-state index is -1.04. The summed E-state index contributed by atoms with van der Waals surface area (Å²) in [7, 11) is 0. The molecule has 204 valence electrons. The van der Waals surface area contributed by atoms with Gasteiger partial charge in [0.05, 0.1) is 17.3 Å². The lowest BCUT2D eigenvalue weighted by molar-refractivity contribution is 0.0341. The van der Waals surface area contributed by atoms with E-state index < -0.39 is 18.0 Å². The van der Waals surface area contributed by atoms with Crippen molar-refractivity contribution in [3.8, 4) is 22.7 Å². The third-order valence-corrected chi connectivity index (χ3v) is 7.07. The van der Waals surface area contributed by atoms with Crippen LogP contribution >= 0.6 is 0 Å². The number of aryl methyl sites for hydroxylation is 1. The van der Waals surface area contributed by atoms with Crippen molar-refractivity contribution in [2.75, 3.05) is 26.2 Å². The van der Waals surface area contributed by atoms with Gasteiger partial charge >= 0.3 is 6.09 Å². The molecule has 0 saturated carbocycles. The maximum absolute atomic E-state index is 14.2. The summed E-state index contributed by atoms with van der Waals surface area (Å²) in [5.41, 5.74) is 9.72. The maximum Gasteiger partial charge on any atom is 0.407 e. The lowest BCUT2D eigenvalue weighted by atomic mass is 10.0. The number of aromatic nitrogens is 1. The van der Waals surface area contributed by atoms with Crippen molar-refractivity contribution in [2.45, 2.75) is 13.0 Å². The molecule has 1 aliphatic rings. The van der Waals surface area contributed by atoms with Gasteiger partial charge in [0.1, 0.15) is 12.4 Å². The zero-order valence-corrected chi connectivity index (χ0v) is 22.1. The summed E-state index contributed by atoms with van der Waals surface area (Å²) in [6, 6.07) is 27.4. The molecule has 1 unspecified atom stereocenters. The molecule has 0 radical (unpaired) electrons. The van der Waals surface area contributed by atoms with Gasteiger partial charge in [-0.2, -0.15) is 0 Å². The number of nitrogens with two attached hydrogens (primary N) is 1. The molecule has 1 saturated heterocycles. The van der Waals surface area contributed by atoms with Crippen LogP contribution in [-0.2, 0) is 0 Å². The first-order valence-electron chi connectivity index (χ1n) is 13.0. The van der Waals surface area contributed by atoms with Crippen LogP contribution in [0, 0.1) is 6.92 Å². The van der Waals surface area contributed by atoms with Crippen LogP contribution in [0.3, 0.4) is 0 Å². The van der Waals surface area contributed by atoms with Crippen molar-refractivity contribution in [3.63, 3.8) is 0 Å². The fourth-order valence-corrected chi connectivity index (χ4v) is 5.09. The minimum Gasteiger partial charge on any atom is -0.491 e. The van der Waals surface area contributed by atoms with Crippen LogP contribution in [0.25, 0.3) is 16.9 Å². The molecule has 1 atom stereocenters. The van der Waals surface area contributed by atoms with Crippen LogP contribution in [0.15, 0.2) is 91.0 Å². The Morgan fingerprint density at radius 3 is 2.20 bits per heavy atom. The normalized spacial score (nSPS) is 15.1. The largest absolute Gasteiger partial charge is 0.491 e. The van der Waals surface area contributed by atoms with E-state index in [1.807, 2.05) is 73.7 Å². The number of ether oxygens (including phenoxy) is 1. The Hall–Kier alpha value is -5.05. The average molecular weight is 539 g/mol. The van der Waals surface area contributed by atoms with E-state index in [0.29, 0.717) is 16.9 Å². The third kappa shape index (κ3) is 5.40. The maximum atomic E-state index is 14.2. The fraction of sp³-hybridized carbons (Fsp3) is 0.194. The number of amides is 3. The predicted octanol–water partition coefficient (Wildman–Crippen LogP) is 4.44. The Labute approximate surface area is 232 Å². The number of benzene rings is 3. The standard InChI is InChI=1S/C31H30N4O5/c1-21-18-27(28(22-8-4-2-5-9-22)35(21)24-10-6-3-7-11-24)30(37)34-17-16-33(31(38)39)19-25(34)20-40-26-14-12-23(13-15-26)29(32)36/h2-15,18,25H,16-17,19-20H2,1H3,(H2,32,36)(H,38,39). The van der Waals surface area contributed by atoms with E-state index in [0.717, 1.165) is 22.6 Å². The van der Waals surface area contributed by atoms with Crippen molar-refractivity contribution < 1.29 is 24.2 Å². The predicted molar refractivity (Wildman–Crippen MR) is 151 cm³/mol. The summed E-state index contributed by atoms with van der Waals surface area (Å²) < 4.78 is 8.04. The van der Waals surface area contributed by atoms with Crippen molar-refractivity contribution in [2.24, 2.45) is 5.73 Å². The van der Waals surface area contributed by atoms with E-state index in [4.69, 9.17) is 10.5 Å². The quantitative estimate of drug-likeness (QED) is 0.361. The average Bonchev–Trinajstić information content (AvgIpc) is 3.33. The van der Waals surface area contributed by atoms with E-state index in [9.17, 15) is 19.5 Å². The Morgan fingerprint density at radius 1 is 0.925 bits per heavy atom. The molecule has 2 heterocycles. The van der Waals surface area contributed by atoms with E-state index in [-0.39, 0.29) is 32.1 Å². The Balaban J connectivity index is 1.49. The second kappa shape index (κ2) is 11.4. The van der Waals surface area contributed by atoms with E-state index in [2.05, 4.69) is 4.57 Å². The van der Waals surface area contributed by atoms with Crippen LogP contribution in [0.4, 0.5) is 4.79 Å². The molecule has 1 fully saturated rings. The molecule has 1 aliphatic heterocycles. The topological polar surface area (TPSA) is 118 Å². The number of rotatable bonds is 7. The molecule has 40 heavy (non-hydrogen) atoms. The SMILES string of the molecule is Cc1cc(C(=O)N2CCN(C(=O)O)CC2COc2ccc(C(N)=O)cc2)c(-c2ccccc2)n1-c1ccccc1. The first-order valence-corrected chi connectivity index (χ1v) is 13.0. The lowest BCUT2D eigenvalue weighted by Crippen LogP contribution is -2.58. The summed E-state index contributed by atoms with van der Waals surface area (Å²) in [6.45, 7) is 2.58. The van der Waals surface area contributed by atoms with Gasteiger partial charge in [0.25, 0.3) is 5.91 Å². The molecular weight excluding hydrogens is 508 g/mol. The second-order valence-corrected chi connectivity index (χ2v) is 9.67. The van der Waals surface area contributed by atoms with E-state index in [1.54, 1.807) is 29.2 Å². The number of carboxylic acid groups (broad SMARTS) is 1. The number of piperazine rings is 1. The number of nitrogens with zero attached hydrogens (tertiary/aromatic N) is 3. The molecule has 1 aromatic heterocycles. The van der Waals surface area contributed by atoms with Crippen molar-refractivity contribution in [3.05, 3.63) is 108 Å². The van der Waals surface area contributed by atoms with Gasteiger partial charge in [-0.1, -0.05) is 48.5 Å². The van der Waals surface area contributed by atoms with Crippen LogP contribution in [0.1, 0.15) is 26.4 Å². The first kappa shape index (κ1) is 26.6. The molecule has 9 nitrogen and oxygen atoms in total. The molecule has 3 N–H and O–H groups in total. The van der Waals surface area contributed by atoms with Gasteiger partial charge in [-0.25, -0.2) is 4.79 Å².